The summed E-state index contributed by atoms with van der Waals surface area (Å²) >= 11 is 0. The van der Waals surface area contributed by atoms with E-state index in [1.807, 2.05) is 0 Å². The van der Waals surface area contributed by atoms with Gasteiger partial charge < -0.3 is 10.2 Å². The minimum atomic E-state index is -4.49. The van der Waals surface area contributed by atoms with Gasteiger partial charge in [0.15, 0.2) is 11.5 Å². The number of alkyl halides is 3. The van der Waals surface area contributed by atoms with Gasteiger partial charge in [-0.2, -0.15) is 13.2 Å². The van der Waals surface area contributed by atoms with Crippen molar-refractivity contribution in [2.24, 2.45) is 0 Å². The first-order chi connectivity index (χ1) is 13.8. The summed E-state index contributed by atoms with van der Waals surface area (Å²) in [6.45, 7) is 0.505. The largest absolute Gasteiger partial charge is 0.417 e. The predicted molar refractivity (Wildman–Crippen MR) is 97.2 cm³/mol. The van der Waals surface area contributed by atoms with Gasteiger partial charge in [0, 0.05) is 30.4 Å². The van der Waals surface area contributed by atoms with E-state index in [0.717, 1.165) is 18.7 Å². The van der Waals surface area contributed by atoms with E-state index in [4.69, 9.17) is 0 Å². The van der Waals surface area contributed by atoms with Crippen LogP contribution in [0.1, 0.15) is 34.6 Å². The summed E-state index contributed by atoms with van der Waals surface area (Å²) in [5.74, 6) is -0.245. The molecule has 0 spiro atoms. The lowest BCUT2D eigenvalue weighted by Gasteiger charge is -2.16. The monoisotopic (exact) mass is 403 g/mol. The van der Waals surface area contributed by atoms with Gasteiger partial charge in [-0.3, -0.25) is 14.0 Å². The molecule has 1 N–H and O–H groups in total. The number of hydrogen-bond donors (Lipinski definition) is 1. The number of rotatable bonds is 4. The van der Waals surface area contributed by atoms with Crippen LogP contribution in [-0.4, -0.2) is 33.0 Å². The first kappa shape index (κ1) is 18.9. The molecule has 1 aliphatic heterocycles. The third kappa shape index (κ3) is 3.78. The van der Waals surface area contributed by atoms with Crippen molar-refractivity contribution in [3.05, 3.63) is 59.5 Å². The Kier molecular flexibility index (Phi) is 4.69. The van der Waals surface area contributed by atoms with E-state index in [9.17, 15) is 22.8 Å². The van der Waals surface area contributed by atoms with Crippen LogP contribution in [0.2, 0.25) is 0 Å². The van der Waals surface area contributed by atoms with Crippen LogP contribution in [0.5, 0.6) is 0 Å². The lowest BCUT2D eigenvalue weighted by Crippen LogP contribution is -2.26. The highest BCUT2D eigenvalue weighted by atomic mass is 19.4. The summed E-state index contributed by atoms with van der Waals surface area (Å²) in [7, 11) is 0. The van der Waals surface area contributed by atoms with Crippen LogP contribution >= 0.6 is 0 Å². The van der Waals surface area contributed by atoms with Gasteiger partial charge in [0.1, 0.15) is 0 Å². The molecule has 2 amide bonds. The molecule has 3 aromatic rings. The van der Waals surface area contributed by atoms with Gasteiger partial charge >= 0.3 is 6.18 Å². The highest BCUT2D eigenvalue weighted by Gasteiger charge is 2.31. The van der Waals surface area contributed by atoms with Crippen molar-refractivity contribution in [1.82, 2.24) is 19.9 Å². The molecule has 29 heavy (non-hydrogen) atoms. The molecule has 0 aliphatic carbocycles. The van der Waals surface area contributed by atoms with Crippen LogP contribution in [0.25, 0.3) is 5.65 Å². The summed E-state index contributed by atoms with van der Waals surface area (Å²) in [6, 6.07) is 8.79. The molecule has 3 heterocycles. The van der Waals surface area contributed by atoms with E-state index < -0.39 is 17.6 Å². The molecule has 0 saturated carbocycles. The second-order valence-electron chi connectivity index (χ2n) is 6.64. The fourth-order valence-corrected chi connectivity index (χ4v) is 3.22. The topological polar surface area (TPSA) is 79.6 Å². The number of hydrogen-bond acceptors (Lipinski definition) is 4. The molecule has 1 saturated heterocycles. The molecule has 10 heteroatoms. The number of anilines is 1. The molecule has 7 nitrogen and oxygen atoms in total. The Balaban J connectivity index is 1.51. The number of nitrogens with one attached hydrogen (secondary N) is 1. The first-order valence-corrected chi connectivity index (χ1v) is 8.92. The van der Waals surface area contributed by atoms with Crippen LogP contribution in [0.3, 0.4) is 0 Å². The van der Waals surface area contributed by atoms with E-state index in [1.165, 1.54) is 10.5 Å². The van der Waals surface area contributed by atoms with E-state index in [-0.39, 0.29) is 23.9 Å². The minimum Gasteiger partial charge on any atom is -0.345 e. The summed E-state index contributed by atoms with van der Waals surface area (Å²) in [6.07, 6.45) is -2.34. The van der Waals surface area contributed by atoms with Gasteiger partial charge in [-0.15, -0.1) is 10.2 Å². The fourth-order valence-electron chi connectivity index (χ4n) is 3.22. The molecule has 0 atom stereocenters. The molecular formula is C19H16F3N5O2. The molecule has 0 unspecified atom stereocenters. The molecule has 150 valence electrons. The number of fused-ring (bicyclic) bond motifs is 1. The number of nitrogens with zero attached hydrogens (tertiary/aromatic N) is 4. The Morgan fingerprint density at radius 3 is 2.72 bits per heavy atom. The maximum atomic E-state index is 12.9. The molecule has 2 aromatic heterocycles. The molecular weight excluding hydrogens is 387 g/mol. The van der Waals surface area contributed by atoms with Crippen molar-refractivity contribution in [2.45, 2.75) is 25.6 Å². The van der Waals surface area contributed by atoms with Gasteiger partial charge in [-0.25, -0.2) is 0 Å². The zero-order chi connectivity index (χ0) is 20.6. The van der Waals surface area contributed by atoms with Gasteiger partial charge in [0.2, 0.25) is 5.91 Å². The number of carbonyl (C=O) groups is 2. The maximum absolute atomic E-state index is 12.9. The van der Waals surface area contributed by atoms with Crippen molar-refractivity contribution in [2.75, 3.05) is 11.4 Å². The third-order valence-corrected chi connectivity index (χ3v) is 4.70. The van der Waals surface area contributed by atoms with Crippen LogP contribution in [0.4, 0.5) is 18.9 Å². The van der Waals surface area contributed by atoms with E-state index in [0.29, 0.717) is 24.2 Å². The molecule has 1 aromatic carbocycles. The van der Waals surface area contributed by atoms with E-state index >= 15 is 0 Å². The molecule has 1 fully saturated rings. The Morgan fingerprint density at radius 2 is 2.00 bits per heavy atom. The number of pyridine rings is 1. The maximum Gasteiger partial charge on any atom is 0.417 e. The summed E-state index contributed by atoms with van der Waals surface area (Å²) in [5.41, 5.74) is 0.395. The van der Waals surface area contributed by atoms with Crippen molar-refractivity contribution in [1.29, 1.82) is 0 Å². The third-order valence-electron chi connectivity index (χ3n) is 4.70. The van der Waals surface area contributed by atoms with Crippen molar-refractivity contribution in [3.8, 4) is 0 Å². The average molecular weight is 403 g/mol. The Labute approximate surface area is 163 Å². The Bertz CT molecular complexity index is 1090. The normalized spacial score (nSPS) is 14.6. The zero-order valence-electron chi connectivity index (χ0n) is 15.1. The molecule has 4 rings (SSSR count). The molecule has 0 radical (unpaired) electrons. The lowest BCUT2D eigenvalue weighted by molar-refractivity contribution is -0.137. The average Bonchev–Trinajstić information content (AvgIpc) is 3.31. The summed E-state index contributed by atoms with van der Waals surface area (Å²) in [4.78, 5) is 26.0. The lowest BCUT2D eigenvalue weighted by atomic mass is 10.1. The number of carbonyl (C=O) groups excluding carboxylic acids is 2. The van der Waals surface area contributed by atoms with Gasteiger partial charge in [0.25, 0.3) is 5.91 Å². The highest BCUT2D eigenvalue weighted by Crippen LogP contribution is 2.29. The first-order valence-electron chi connectivity index (χ1n) is 8.92. The van der Waals surface area contributed by atoms with Crippen LogP contribution in [0.15, 0.2) is 42.6 Å². The van der Waals surface area contributed by atoms with Crippen molar-refractivity contribution in [3.63, 3.8) is 0 Å². The minimum absolute atomic E-state index is 0.0120. The van der Waals surface area contributed by atoms with E-state index in [2.05, 4.69) is 15.5 Å². The van der Waals surface area contributed by atoms with Crippen molar-refractivity contribution >= 4 is 23.1 Å². The second kappa shape index (κ2) is 7.19. The standard InChI is InChI=1S/C19H16F3N5O2/c20-19(21,22)13-6-7-15-24-25-16(27(15)11-13)10-23-18(29)12-3-1-4-14(9-12)26-8-2-5-17(26)28/h1,3-4,6-7,9,11H,2,5,8,10H2,(H,23,29). The van der Waals surface area contributed by atoms with Crippen molar-refractivity contribution < 1.29 is 22.8 Å². The Hall–Kier alpha value is -3.43. The fraction of sp³-hybridized carbons (Fsp3) is 0.263. The number of aromatic nitrogens is 3. The van der Waals surface area contributed by atoms with Gasteiger partial charge in [-0.1, -0.05) is 6.07 Å². The predicted octanol–water partition coefficient (Wildman–Crippen LogP) is 2.80. The smallest absolute Gasteiger partial charge is 0.345 e. The highest BCUT2D eigenvalue weighted by molar-refractivity contribution is 5.99. The van der Waals surface area contributed by atoms with Crippen LogP contribution in [-0.2, 0) is 17.5 Å². The van der Waals surface area contributed by atoms with Crippen LogP contribution < -0.4 is 10.2 Å². The quantitative estimate of drug-likeness (QED) is 0.727. The summed E-state index contributed by atoms with van der Waals surface area (Å²) in [5, 5.41) is 10.3. The molecule has 0 bridgehead atoms. The number of benzene rings is 1. The van der Waals surface area contributed by atoms with E-state index in [1.54, 1.807) is 29.2 Å². The second-order valence-corrected chi connectivity index (χ2v) is 6.64. The Morgan fingerprint density at radius 1 is 1.17 bits per heavy atom. The number of amides is 2. The summed E-state index contributed by atoms with van der Waals surface area (Å²) < 4.78 is 40.0. The van der Waals surface area contributed by atoms with Crippen LogP contribution in [0, 0.1) is 0 Å². The zero-order valence-corrected chi connectivity index (χ0v) is 15.1. The van der Waals surface area contributed by atoms with Gasteiger partial charge in [0.05, 0.1) is 12.1 Å². The molecule has 1 aliphatic rings. The van der Waals surface area contributed by atoms with Gasteiger partial charge in [-0.05, 0) is 36.8 Å². The number of halogens is 3. The SMILES string of the molecule is O=C(NCc1nnc2ccc(C(F)(F)F)cn12)c1cccc(N2CCCC2=O)c1.